The Labute approximate surface area is 122 Å². The second kappa shape index (κ2) is 5.47. The van der Waals surface area contributed by atoms with Crippen LogP contribution >= 0.6 is 15.9 Å². The Morgan fingerprint density at radius 2 is 1.95 bits per heavy atom. The molecule has 0 atom stereocenters. The van der Waals surface area contributed by atoms with Crippen LogP contribution in [0.3, 0.4) is 0 Å². The number of nitrogens with zero attached hydrogens (tertiary/aromatic N) is 1. The van der Waals surface area contributed by atoms with Gasteiger partial charge in [0.05, 0.1) is 5.69 Å². The Balaban J connectivity index is 1.95. The lowest BCUT2D eigenvalue weighted by molar-refractivity contribution is 0.447. The number of benzene rings is 1. The number of aromatic amines is 1. The second-order valence-corrected chi connectivity index (χ2v) is 5.95. The molecule has 1 aliphatic rings. The normalized spacial score (nSPS) is 16.7. The molecule has 2 N–H and O–H groups in total. The molecule has 0 spiro atoms. The van der Waals surface area contributed by atoms with Crippen LogP contribution in [0.1, 0.15) is 30.3 Å². The summed E-state index contributed by atoms with van der Waals surface area (Å²) in [4.78, 5) is 8.33. The van der Waals surface area contributed by atoms with Crippen molar-refractivity contribution >= 4 is 15.9 Å². The van der Waals surface area contributed by atoms with Crippen LogP contribution in [0.4, 0.5) is 0 Å². The SMILES string of the molecule is Cc1[nH]c(C2CCNCC2)nc1-c1ccccc1Br. The lowest BCUT2D eigenvalue weighted by Gasteiger charge is -2.20. The van der Waals surface area contributed by atoms with Gasteiger partial charge in [-0.1, -0.05) is 34.1 Å². The van der Waals surface area contributed by atoms with Gasteiger partial charge in [0.25, 0.3) is 0 Å². The highest BCUT2D eigenvalue weighted by atomic mass is 79.9. The highest BCUT2D eigenvalue weighted by Gasteiger charge is 2.20. The Hall–Kier alpha value is -1.13. The van der Waals surface area contributed by atoms with Crippen LogP contribution in [-0.4, -0.2) is 23.1 Å². The van der Waals surface area contributed by atoms with Crippen molar-refractivity contribution in [2.24, 2.45) is 0 Å². The molecule has 1 aromatic heterocycles. The van der Waals surface area contributed by atoms with E-state index in [9.17, 15) is 0 Å². The largest absolute Gasteiger partial charge is 0.345 e. The molecule has 3 nitrogen and oxygen atoms in total. The monoisotopic (exact) mass is 319 g/mol. The number of aromatic nitrogens is 2. The minimum absolute atomic E-state index is 0.566. The van der Waals surface area contributed by atoms with E-state index in [1.54, 1.807) is 0 Å². The molecule has 19 heavy (non-hydrogen) atoms. The first kappa shape index (κ1) is 12.9. The quantitative estimate of drug-likeness (QED) is 0.887. The van der Waals surface area contributed by atoms with E-state index in [1.165, 1.54) is 12.8 Å². The number of piperidine rings is 1. The summed E-state index contributed by atoms with van der Waals surface area (Å²) in [6.45, 7) is 4.29. The van der Waals surface area contributed by atoms with Gasteiger partial charge < -0.3 is 10.3 Å². The molecule has 4 heteroatoms. The van der Waals surface area contributed by atoms with Gasteiger partial charge in [0, 0.05) is 21.6 Å². The molecule has 1 aliphatic heterocycles. The van der Waals surface area contributed by atoms with E-state index in [1.807, 2.05) is 6.07 Å². The van der Waals surface area contributed by atoms with Gasteiger partial charge in [-0.25, -0.2) is 4.98 Å². The maximum atomic E-state index is 4.85. The molecule has 0 unspecified atom stereocenters. The molecule has 100 valence electrons. The summed E-state index contributed by atoms with van der Waals surface area (Å²) in [5.41, 5.74) is 3.39. The number of nitrogens with one attached hydrogen (secondary N) is 2. The Kier molecular flexibility index (Phi) is 3.71. The topological polar surface area (TPSA) is 40.7 Å². The highest BCUT2D eigenvalue weighted by molar-refractivity contribution is 9.10. The second-order valence-electron chi connectivity index (χ2n) is 5.10. The minimum atomic E-state index is 0.566. The van der Waals surface area contributed by atoms with E-state index in [0.29, 0.717) is 5.92 Å². The fourth-order valence-electron chi connectivity index (χ4n) is 2.69. The van der Waals surface area contributed by atoms with Gasteiger partial charge in [0.2, 0.25) is 0 Å². The third-order valence-electron chi connectivity index (χ3n) is 3.76. The minimum Gasteiger partial charge on any atom is -0.345 e. The average Bonchev–Trinajstić information content (AvgIpc) is 2.82. The van der Waals surface area contributed by atoms with Gasteiger partial charge in [0.1, 0.15) is 5.82 Å². The van der Waals surface area contributed by atoms with Crippen LogP contribution in [0.5, 0.6) is 0 Å². The molecule has 0 bridgehead atoms. The molecule has 0 radical (unpaired) electrons. The summed E-state index contributed by atoms with van der Waals surface area (Å²) in [7, 11) is 0. The van der Waals surface area contributed by atoms with E-state index >= 15 is 0 Å². The number of H-pyrrole nitrogens is 1. The molecule has 3 rings (SSSR count). The van der Waals surface area contributed by atoms with E-state index < -0.39 is 0 Å². The van der Waals surface area contributed by atoms with Crippen molar-refractivity contribution in [2.45, 2.75) is 25.7 Å². The molecular formula is C15H18BrN3. The molecule has 0 amide bonds. The molecular weight excluding hydrogens is 302 g/mol. The maximum absolute atomic E-state index is 4.85. The third kappa shape index (κ3) is 2.60. The summed E-state index contributed by atoms with van der Waals surface area (Å²) in [6.07, 6.45) is 2.34. The van der Waals surface area contributed by atoms with E-state index in [2.05, 4.69) is 51.4 Å². The van der Waals surface area contributed by atoms with Crippen LogP contribution in [0.15, 0.2) is 28.7 Å². The molecule has 2 aromatic rings. The zero-order valence-electron chi connectivity index (χ0n) is 11.0. The summed E-state index contributed by atoms with van der Waals surface area (Å²) >= 11 is 3.61. The van der Waals surface area contributed by atoms with Crippen molar-refractivity contribution < 1.29 is 0 Å². The highest BCUT2D eigenvalue weighted by Crippen LogP contribution is 2.31. The molecule has 1 saturated heterocycles. The standard InChI is InChI=1S/C15H18BrN3/c1-10-14(12-4-2-3-5-13(12)16)19-15(18-10)11-6-8-17-9-7-11/h2-5,11,17H,6-9H2,1H3,(H,18,19). The van der Waals surface area contributed by atoms with Crippen molar-refractivity contribution in [2.75, 3.05) is 13.1 Å². The fraction of sp³-hybridized carbons (Fsp3) is 0.400. The van der Waals surface area contributed by atoms with E-state index in [4.69, 9.17) is 4.98 Å². The summed E-state index contributed by atoms with van der Waals surface area (Å²) < 4.78 is 1.10. The maximum Gasteiger partial charge on any atom is 0.110 e. The smallest absolute Gasteiger partial charge is 0.110 e. The predicted molar refractivity (Wildman–Crippen MR) is 81.3 cm³/mol. The molecule has 1 fully saturated rings. The number of hydrogen-bond acceptors (Lipinski definition) is 2. The first-order valence-electron chi connectivity index (χ1n) is 6.78. The first-order chi connectivity index (χ1) is 9.25. The lowest BCUT2D eigenvalue weighted by Crippen LogP contribution is -2.27. The summed E-state index contributed by atoms with van der Waals surface area (Å²) in [5.74, 6) is 1.71. The molecule has 0 aliphatic carbocycles. The molecule has 2 heterocycles. The lowest BCUT2D eigenvalue weighted by atomic mass is 9.98. The van der Waals surface area contributed by atoms with Gasteiger partial charge in [-0.15, -0.1) is 0 Å². The van der Waals surface area contributed by atoms with Crippen molar-refractivity contribution in [3.63, 3.8) is 0 Å². The zero-order chi connectivity index (χ0) is 13.2. The number of imidazole rings is 1. The third-order valence-corrected chi connectivity index (χ3v) is 4.45. The fourth-order valence-corrected chi connectivity index (χ4v) is 3.16. The Morgan fingerprint density at radius 3 is 2.68 bits per heavy atom. The molecule has 1 aromatic carbocycles. The number of aryl methyl sites for hydroxylation is 1. The van der Waals surface area contributed by atoms with Crippen LogP contribution in [0, 0.1) is 6.92 Å². The van der Waals surface area contributed by atoms with Crippen LogP contribution in [0.2, 0.25) is 0 Å². The molecule has 0 saturated carbocycles. The van der Waals surface area contributed by atoms with Crippen molar-refractivity contribution in [1.29, 1.82) is 0 Å². The van der Waals surface area contributed by atoms with E-state index in [0.717, 1.165) is 40.3 Å². The predicted octanol–water partition coefficient (Wildman–Crippen LogP) is 3.61. The van der Waals surface area contributed by atoms with Crippen LogP contribution in [-0.2, 0) is 0 Å². The Bertz CT molecular complexity index is 571. The summed E-state index contributed by atoms with van der Waals surface area (Å²) in [6, 6.07) is 8.26. The van der Waals surface area contributed by atoms with E-state index in [-0.39, 0.29) is 0 Å². The van der Waals surface area contributed by atoms with Crippen molar-refractivity contribution in [3.8, 4) is 11.3 Å². The number of hydrogen-bond donors (Lipinski definition) is 2. The van der Waals surface area contributed by atoms with Crippen LogP contribution < -0.4 is 5.32 Å². The van der Waals surface area contributed by atoms with Gasteiger partial charge >= 0.3 is 0 Å². The Morgan fingerprint density at radius 1 is 1.21 bits per heavy atom. The van der Waals surface area contributed by atoms with Crippen molar-refractivity contribution in [1.82, 2.24) is 15.3 Å². The average molecular weight is 320 g/mol. The van der Waals surface area contributed by atoms with Gasteiger partial charge in [0.15, 0.2) is 0 Å². The van der Waals surface area contributed by atoms with Gasteiger partial charge in [-0.05, 0) is 38.9 Å². The van der Waals surface area contributed by atoms with Gasteiger partial charge in [-0.2, -0.15) is 0 Å². The zero-order valence-corrected chi connectivity index (χ0v) is 12.6. The number of rotatable bonds is 2. The van der Waals surface area contributed by atoms with Crippen molar-refractivity contribution in [3.05, 3.63) is 40.3 Å². The van der Waals surface area contributed by atoms with Crippen LogP contribution in [0.25, 0.3) is 11.3 Å². The van der Waals surface area contributed by atoms with Gasteiger partial charge in [-0.3, -0.25) is 0 Å². The first-order valence-corrected chi connectivity index (χ1v) is 7.57. The summed E-state index contributed by atoms with van der Waals surface area (Å²) in [5, 5.41) is 3.40. The number of halogens is 1.